The molecule has 1 atom stereocenters. The molecule has 2 aromatic heterocycles. The Labute approximate surface area is 170 Å². The molecular weight excluding hydrogens is 394 g/mol. The van der Waals surface area contributed by atoms with Crippen LogP contribution in [0.1, 0.15) is 42.5 Å². The summed E-state index contributed by atoms with van der Waals surface area (Å²) in [4.78, 5) is 14.3. The third-order valence-electron chi connectivity index (χ3n) is 5.85. The van der Waals surface area contributed by atoms with Crippen molar-refractivity contribution in [2.75, 3.05) is 31.6 Å². The molecule has 3 N–H and O–H groups in total. The van der Waals surface area contributed by atoms with Crippen molar-refractivity contribution in [2.24, 2.45) is 5.92 Å². The van der Waals surface area contributed by atoms with Crippen LogP contribution >= 0.6 is 11.3 Å². The number of aromatic nitrogens is 2. The lowest BCUT2D eigenvalue weighted by molar-refractivity contribution is 0.208. The zero-order chi connectivity index (χ0) is 19.9. The first-order valence-electron chi connectivity index (χ1n) is 10.0. The van der Waals surface area contributed by atoms with Crippen molar-refractivity contribution >= 4 is 37.4 Å². The van der Waals surface area contributed by atoms with Gasteiger partial charge in [-0.25, -0.2) is 23.1 Å². The lowest BCUT2D eigenvalue weighted by atomic mass is 9.89. The van der Waals surface area contributed by atoms with Gasteiger partial charge in [0.05, 0.1) is 11.6 Å². The summed E-state index contributed by atoms with van der Waals surface area (Å²) < 4.78 is 25.5. The number of nitrogens with one attached hydrogen (secondary N) is 1. The number of aryl methyl sites for hydroxylation is 1. The molecule has 154 valence electrons. The van der Waals surface area contributed by atoms with Gasteiger partial charge in [-0.3, -0.25) is 0 Å². The normalized spacial score (nSPS) is 21.9. The fourth-order valence-electron chi connectivity index (χ4n) is 4.36. The van der Waals surface area contributed by atoms with Crippen LogP contribution in [0, 0.1) is 5.92 Å². The highest BCUT2D eigenvalue weighted by Gasteiger charge is 2.24. The van der Waals surface area contributed by atoms with Crippen LogP contribution in [0.3, 0.4) is 0 Å². The number of fused-ring (bicyclic) bond motifs is 3. The Morgan fingerprint density at radius 2 is 2.00 bits per heavy atom. The maximum absolute atomic E-state index is 11.4. The molecule has 0 saturated carbocycles. The minimum atomic E-state index is -3.13. The van der Waals surface area contributed by atoms with E-state index in [1.807, 2.05) is 0 Å². The minimum absolute atomic E-state index is 0.0503. The SMILES string of the molecule is CC1CCc2c(sc3nc(CCN4CCC(NS(C)(=O)=O)CC4)nc(N)c23)C1. The van der Waals surface area contributed by atoms with Gasteiger partial charge in [0.15, 0.2) is 0 Å². The number of piperidine rings is 1. The Morgan fingerprint density at radius 3 is 2.71 bits per heavy atom. The van der Waals surface area contributed by atoms with Crippen molar-refractivity contribution in [3.05, 3.63) is 16.3 Å². The van der Waals surface area contributed by atoms with Gasteiger partial charge >= 0.3 is 0 Å². The van der Waals surface area contributed by atoms with Gasteiger partial charge < -0.3 is 10.6 Å². The Bertz CT molecular complexity index is 964. The van der Waals surface area contributed by atoms with Crippen LogP contribution in [0.2, 0.25) is 0 Å². The highest BCUT2D eigenvalue weighted by Crippen LogP contribution is 2.39. The molecular formula is C19H29N5O2S2. The summed E-state index contributed by atoms with van der Waals surface area (Å²) in [5.74, 6) is 2.17. The van der Waals surface area contributed by atoms with Crippen LogP contribution in [0.15, 0.2) is 0 Å². The lowest BCUT2D eigenvalue weighted by Crippen LogP contribution is -2.44. The second-order valence-electron chi connectivity index (χ2n) is 8.31. The third-order valence-corrected chi connectivity index (χ3v) is 7.76. The molecule has 1 fully saturated rings. The molecule has 2 aromatic rings. The van der Waals surface area contributed by atoms with Crippen molar-refractivity contribution in [3.8, 4) is 0 Å². The standard InChI is InChI=1S/C19H29N5O2S2/c1-12-3-4-14-15(11-12)27-19-17(14)18(20)21-16(22-19)7-10-24-8-5-13(6-9-24)23-28(2,25)26/h12-13,23H,3-11H2,1-2H3,(H2,20,21,22). The summed E-state index contributed by atoms with van der Waals surface area (Å²) in [5, 5.41) is 1.09. The van der Waals surface area contributed by atoms with Gasteiger partial charge in [-0.05, 0) is 56.7 Å². The number of hydrogen-bond donors (Lipinski definition) is 2. The van der Waals surface area contributed by atoms with Gasteiger partial charge in [0.2, 0.25) is 10.0 Å². The molecule has 0 amide bonds. The molecule has 1 saturated heterocycles. The molecule has 3 heterocycles. The first-order chi connectivity index (χ1) is 13.3. The van der Waals surface area contributed by atoms with Crippen molar-refractivity contribution in [2.45, 2.75) is 51.5 Å². The summed E-state index contributed by atoms with van der Waals surface area (Å²) in [6.07, 6.45) is 7.09. The Morgan fingerprint density at radius 1 is 1.25 bits per heavy atom. The van der Waals surface area contributed by atoms with Crippen LogP contribution in [-0.2, 0) is 29.3 Å². The molecule has 1 aliphatic heterocycles. The number of nitrogens with two attached hydrogens (primary N) is 1. The van der Waals surface area contributed by atoms with E-state index in [1.54, 1.807) is 11.3 Å². The number of nitrogen functional groups attached to an aromatic ring is 1. The van der Waals surface area contributed by atoms with Gasteiger partial charge in [-0.15, -0.1) is 11.3 Å². The predicted octanol–water partition coefficient (Wildman–Crippen LogP) is 1.95. The zero-order valence-corrected chi connectivity index (χ0v) is 18.2. The molecule has 2 aliphatic rings. The summed E-state index contributed by atoms with van der Waals surface area (Å²) in [5.41, 5.74) is 7.70. The molecule has 1 aliphatic carbocycles. The minimum Gasteiger partial charge on any atom is -0.383 e. The Kier molecular flexibility index (Phi) is 5.61. The fraction of sp³-hybridized carbons (Fsp3) is 0.684. The van der Waals surface area contributed by atoms with Crippen molar-refractivity contribution in [1.82, 2.24) is 19.6 Å². The van der Waals surface area contributed by atoms with Gasteiger partial charge in [0.25, 0.3) is 0 Å². The van der Waals surface area contributed by atoms with E-state index >= 15 is 0 Å². The molecule has 28 heavy (non-hydrogen) atoms. The van der Waals surface area contributed by atoms with E-state index in [0.717, 1.165) is 73.7 Å². The topological polar surface area (TPSA) is 101 Å². The summed E-state index contributed by atoms with van der Waals surface area (Å²) in [6.45, 7) is 4.95. The van der Waals surface area contributed by atoms with Gasteiger partial charge in [0, 0.05) is 23.9 Å². The molecule has 0 radical (unpaired) electrons. The molecule has 0 aromatic carbocycles. The smallest absolute Gasteiger partial charge is 0.208 e. The van der Waals surface area contributed by atoms with E-state index in [1.165, 1.54) is 23.1 Å². The molecule has 9 heteroatoms. The van der Waals surface area contributed by atoms with Crippen molar-refractivity contribution < 1.29 is 8.42 Å². The van der Waals surface area contributed by atoms with E-state index in [2.05, 4.69) is 21.5 Å². The largest absolute Gasteiger partial charge is 0.383 e. The van der Waals surface area contributed by atoms with Crippen molar-refractivity contribution in [3.63, 3.8) is 0 Å². The van der Waals surface area contributed by atoms with Crippen molar-refractivity contribution in [1.29, 1.82) is 0 Å². The second kappa shape index (κ2) is 7.85. The first-order valence-corrected chi connectivity index (χ1v) is 12.8. The van der Waals surface area contributed by atoms with Gasteiger partial charge in [-0.1, -0.05) is 6.92 Å². The molecule has 1 unspecified atom stereocenters. The summed E-state index contributed by atoms with van der Waals surface area (Å²) in [6, 6.07) is 0.0503. The number of sulfonamides is 1. The Balaban J connectivity index is 1.39. The van der Waals surface area contributed by atoms with Gasteiger partial charge in [-0.2, -0.15) is 0 Å². The summed E-state index contributed by atoms with van der Waals surface area (Å²) in [7, 11) is -3.13. The molecule has 7 nitrogen and oxygen atoms in total. The number of nitrogens with zero attached hydrogens (tertiary/aromatic N) is 3. The number of hydrogen-bond acceptors (Lipinski definition) is 7. The number of anilines is 1. The van der Waals surface area contributed by atoms with E-state index in [-0.39, 0.29) is 6.04 Å². The number of likely N-dealkylation sites (tertiary alicyclic amines) is 1. The van der Waals surface area contributed by atoms with Gasteiger partial charge in [0.1, 0.15) is 16.5 Å². The molecule has 4 rings (SSSR count). The second-order valence-corrected chi connectivity index (χ2v) is 11.2. The maximum Gasteiger partial charge on any atom is 0.208 e. The average molecular weight is 424 g/mol. The molecule has 0 spiro atoms. The van der Waals surface area contributed by atoms with E-state index < -0.39 is 10.0 Å². The quantitative estimate of drug-likeness (QED) is 0.762. The maximum atomic E-state index is 11.4. The van der Waals surface area contributed by atoms with Crippen LogP contribution in [0.25, 0.3) is 10.2 Å². The highest BCUT2D eigenvalue weighted by atomic mass is 32.2. The third kappa shape index (κ3) is 4.48. The van der Waals surface area contributed by atoms with E-state index in [9.17, 15) is 8.42 Å². The van der Waals surface area contributed by atoms with Crippen LogP contribution in [0.5, 0.6) is 0 Å². The van der Waals surface area contributed by atoms with Crippen LogP contribution < -0.4 is 10.5 Å². The lowest BCUT2D eigenvalue weighted by Gasteiger charge is -2.31. The van der Waals surface area contributed by atoms with Crippen LogP contribution in [0.4, 0.5) is 5.82 Å². The van der Waals surface area contributed by atoms with E-state index in [0.29, 0.717) is 5.82 Å². The highest BCUT2D eigenvalue weighted by molar-refractivity contribution is 7.88. The average Bonchev–Trinajstić information content (AvgIpc) is 2.97. The predicted molar refractivity (Wildman–Crippen MR) is 114 cm³/mol. The van der Waals surface area contributed by atoms with E-state index in [4.69, 9.17) is 10.7 Å². The molecule has 0 bridgehead atoms. The first kappa shape index (κ1) is 20.0. The fourth-order valence-corrected chi connectivity index (χ4v) is 6.61. The van der Waals surface area contributed by atoms with Crippen LogP contribution in [-0.4, -0.2) is 55.2 Å². The Hall–Kier alpha value is -1.29. The number of thiophene rings is 1. The number of rotatable bonds is 5. The monoisotopic (exact) mass is 423 g/mol. The zero-order valence-electron chi connectivity index (χ0n) is 16.6. The summed E-state index contributed by atoms with van der Waals surface area (Å²) >= 11 is 1.79.